The number of carboxylic acids is 3. The van der Waals surface area contributed by atoms with Gasteiger partial charge in [-0.05, 0) is 309 Å². The van der Waals surface area contributed by atoms with Gasteiger partial charge in [-0.1, -0.05) is 171 Å². The van der Waals surface area contributed by atoms with Gasteiger partial charge in [-0.3, -0.25) is 9.59 Å². The highest BCUT2D eigenvalue weighted by Gasteiger charge is 2.66. The third-order valence-corrected chi connectivity index (χ3v) is 40.1. The highest BCUT2D eigenvalue weighted by molar-refractivity contribution is 9.09. The first-order chi connectivity index (χ1) is 71.5. The van der Waals surface area contributed by atoms with Crippen molar-refractivity contribution in [3.8, 4) is 17.6 Å². The lowest BCUT2D eigenvalue weighted by Crippen LogP contribution is -2.62. The molecule has 149 heavy (non-hydrogen) atoms. The van der Waals surface area contributed by atoms with E-state index in [1.54, 1.807) is 48.9 Å². The number of carbonyl (C=O) groups excluding carboxylic acids is 2. The Kier molecular flexibility index (Phi) is 37.0. The highest BCUT2D eigenvalue weighted by Crippen LogP contribution is 2.69. The molecule has 16 fully saturated rings. The van der Waals surface area contributed by atoms with Gasteiger partial charge in [0.15, 0.2) is 25.2 Å². The van der Waals surface area contributed by atoms with E-state index in [-0.39, 0.29) is 115 Å². The van der Waals surface area contributed by atoms with Crippen LogP contribution in [0.5, 0.6) is 17.6 Å². The van der Waals surface area contributed by atoms with Crippen LogP contribution < -0.4 is 25.3 Å². The maximum absolute atomic E-state index is 12.1. The number of hydrogen-bond acceptors (Lipinski definition) is 23. The summed E-state index contributed by atoms with van der Waals surface area (Å²) in [5.41, 5.74) is 5.70. The van der Waals surface area contributed by atoms with Crippen LogP contribution in [0.15, 0.2) is 150 Å². The number of fused-ring (bicyclic) bond motifs is 12. The van der Waals surface area contributed by atoms with Crippen LogP contribution in [0.2, 0.25) is 0 Å². The molecule has 12 saturated carbocycles. The summed E-state index contributed by atoms with van der Waals surface area (Å²) in [7, 11) is 2.60. The van der Waals surface area contributed by atoms with E-state index in [9.17, 15) is 43.8 Å². The van der Waals surface area contributed by atoms with E-state index >= 15 is 0 Å². The van der Waals surface area contributed by atoms with Crippen LogP contribution in [0.1, 0.15) is 338 Å². The number of allylic oxidation sites excluding steroid dienone is 4. The van der Waals surface area contributed by atoms with Crippen molar-refractivity contribution in [2.45, 2.75) is 336 Å². The molecule has 29 heteroatoms. The molecular formula is C120H166BrN5O23. The number of aromatic carboxylic acids is 3. The average molecular weight is 2130 g/mol. The van der Waals surface area contributed by atoms with Crippen molar-refractivity contribution in [1.29, 1.82) is 0 Å². The number of nitrogens with zero attached hydrogens (tertiary/aromatic N) is 3. The SMILES string of the molecule is C=C1CCC2[C@]3(C)CO[C@@H](C4CCCC4)O[C@@H]3CC[C@@]2(C)[C@@H]1CCBr.C=C1CCC2[C@]3(C)CO[C@@H](C4CCCC4)O[C@@H]3CC[C@@]2(C)[C@@H]1CCOc1ncccc1C(=O)O.C=C1CCC2[C@]3(C)CO[C@@H](C4CCCC4)O[C@@H]3CC[C@@]2(C)[C@@H]1CCOc1ncccc1C(=O)O.C=C1CCC2[C@]3(C)CO[C@@H](C4CCCC4)O[C@@H]3CC[C@@]2(C)[C@@H]1CCOc1ncccc1C(=O)OC.COC(=O)c1ccc[nH]c1=O.O=C(O)c1ccc[nH]c1=O. The van der Waals surface area contributed by atoms with Gasteiger partial charge in [0.2, 0.25) is 17.6 Å². The third-order valence-electron chi connectivity index (χ3n) is 39.6. The topological polar surface area (TPSA) is 370 Å². The molecule has 5 aromatic heterocycles. The zero-order valence-electron chi connectivity index (χ0n) is 89.9. The second-order valence-corrected chi connectivity index (χ2v) is 48.8. The Hall–Kier alpha value is -8.78. The van der Waals surface area contributed by atoms with E-state index < -0.39 is 41.0 Å². The van der Waals surface area contributed by atoms with Crippen LogP contribution in [0.25, 0.3) is 0 Å². The van der Waals surface area contributed by atoms with Gasteiger partial charge in [0.05, 0.1) is 84.9 Å². The zero-order valence-corrected chi connectivity index (χ0v) is 91.5. The Bertz CT molecular complexity index is 5460. The molecule has 4 aliphatic heterocycles. The molecule has 0 bridgehead atoms. The quantitative estimate of drug-likeness (QED) is 0.0230. The van der Waals surface area contributed by atoms with Crippen molar-refractivity contribution in [2.24, 2.45) is 114 Å². The number of carboxylic acid groups (broad SMARTS) is 3. The molecule has 0 aromatic carbocycles. The number of methoxy groups -OCH3 is 2. The minimum atomic E-state index is -1.21. The second-order valence-electron chi connectivity index (χ2n) is 48.0. The van der Waals surface area contributed by atoms with E-state index in [4.69, 9.17) is 61.9 Å². The van der Waals surface area contributed by atoms with Crippen molar-refractivity contribution in [2.75, 3.05) is 65.8 Å². The first-order valence-corrected chi connectivity index (χ1v) is 56.9. The minimum Gasteiger partial charge on any atom is -0.477 e. The summed E-state index contributed by atoms with van der Waals surface area (Å²) in [5, 5.41) is 28.3. The Morgan fingerprint density at radius 1 is 0.356 bits per heavy atom. The number of aromatic nitrogens is 5. The van der Waals surface area contributed by atoms with Crippen LogP contribution in [0, 0.1) is 114 Å². The monoisotopic (exact) mass is 2120 g/mol. The number of esters is 2. The van der Waals surface area contributed by atoms with E-state index in [2.05, 4.69) is 127 Å². The molecule has 21 rings (SSSR count). The Labute approximate surface area is 888 Å². The van der Waals surface area contributed by atoms with Crippen LogP contribution in [0.4, 0.5) is 0 Å². The Balaban J connectivity index is 0.000000133. The van der Waals surface area contributed by atoms with Crippen molar-refractivity contribution < 1.29 is 101 Å². The van der Waals surface area contributed by atoms with Crippen LogP contribution in [-0.4, -0.2) is 185 Å². The summed E-state index contributed by atoms with van der Waals surface area (Å²) in [6.07, 6.45) is 51.0. The molecule has 0 amide bonds. The molecule has 16 aliphatic rings. The van der Waals surface area contributed by atoms with Gasteiger partial charge in [0.1, 0.15) is 27.8 Å². The van der Waals surface area contributed by atoms with Crippen LogP contribution >= 0.6 is 15.9 Å². The number of carbonyl (C=O) groups is 5. The maximum atomic E-state index is 12.1. The van der Waals surface area contributed by atoms with Crippen LogP contribution in [0.3, 0.4) is 0 Å². The second kappa shape index (κ2) is 48.9. The molecule has 816 valence electrons. The molecule has 9 heterocycles. The highest BCUT2D eigenvalue weighted by atomic mass is 79.9. The van der Waals surface area contributed by atoms with Gasteiger partial charge in [-0.2, -0.15) is 0 Å². The predicted molar refractivity (Wildman–Crippen MR) is 569 cm³/mol. The number of aromatic amines is 2. The molecule has 4 saturated heterocycles. The van der Waals surface area contributed by atoms with E-state index in [0.29, 0.717) is 114 Å². The van der Waals surface area contributed by atoms with E-state index in [1.165, 1.54) is 214 Å². The number of rotatable bonds is 23. The lowest BCUT2D eigenvalue weighted by atomic mass is 9.46. The Morgan fingerprint density at radius 3 is 0.872 bits per heavy atom. The predicted octanol–water partition coefficient (Wildman–Crippen LogP) is 24.0. The van der Waals surface area contributed by atoms with E-state index in [0.717, 1.165) is 128 Å². The minimum absolute atomic E-state index is 0.00920. The van der Waals surface area contributed by atoms with Crippen molar-refractivity contribution in [1.82, 2.24) is 24.9 Å². The van der Waals surface area contributed by atoms with E-state index in [1.807, 2.05) is 0 Å². The molecular weight excluding hydrogens is 1960 g/mol. The van der Waals surface area contributed by atoms with Gasteiger partial charge in [-0.25, -0.2) is 38.9 Å². The van der Waals surface area contributed by atoms with Gasteiger partial charge >= 0.3 is 29.8 Å². The first-order valence-electron chi connectivity index (χ1n) is 55.8. The maximum Gasteiger partial charge on any atom is 0.343 e. The summed E-state index contributed by atoms with van der Waals surface area (Å²) >= 11 is 3.69. The lowest BCUT2D eigenvalue weighted by molar-refractivity contribution is -0.316. The van der Waals surface area contributed by atoms with Crippen molar-refractivity contribution in [3.05, 3.63) is 189 Å². The van der Waals surface area contributed by atoms with Gasteiger partial charge < -0.3 is 86.9 Å². The van der Waals surface area contributed by atoms with Gasteiger partial charge in [0, 0.05) is 81.6 Å². The summed E-state index contributed by atoms with van der Waals surface area (Å²) in [4.78, 5) is 94.7. The number of ether oxygens (including phenoxy) is 13. The number of nitrogens with one attached hydrogen (secondary N) is 2. The average Bonchev–Trinajstić information content (AvgIpc) is 1.72. The zero-order chi connectivity index (χ0) is 106. The summed E-state index contributed by atoms with van der Waals surface area (Å²) in [6.45, 7) is 42.0. The van der Waals surface area contributed by atoms with Gasteiger partial charge in [-0.15, -0.1) is 0 Å². The fraction of sp³-hybridized carbons (Fsp3) is 0.683. The molecule has 5 N–H and O–H groups in total. The molecule has 4 unspecified atom stereocenters. The third kappa shape index (κ3) is 23.9. The first kappa shape index (κ1) is 113. The standard InChI is InChI=1S/C29H41NO5.2C28H39NO5.C22H35BrO2.C7H7NO3.C6H5NO3/c1-19-11-12-23-28(2,22(19)14-17-33-25-21(26(31)32-4)10-7-16-30-25)15-13-24-29(23,3)18-34-27(35-24)20-8-5-6-9-20;2*1-18-10-11-22-27(2,21(18)13-16-32-24-20(25(30)31)9-6-15-29-24)14-12-23-28(22,3)17-33-26(34-23)19-7-4-5-8-19;1-15-8-9-18-21(2,17(15)11-13-23)12-10-19-22(18,3)14-24-20(25-19)16-6-4-5-7-16;1-11-7(10)5-3-2-4-8-6(5)9;8-5-4(6(9)10)2-1-3-7-5/h7,10,16,20,22-24,27H,1,5-6,8-9,11-15,17-18H2,2-4H3;2*6,9,15,19,21-23,26H,1,4-5,7-8,10-14,16-17H2,2-3H3,(H,30,31);16-20H,1,4-14H2,2-3H3;2-4H,1H3,(H,8,9);1-3H,(H,7,8)(H,9,10)/t22-,23?,24-,27-,28+,29+;2*21-,22?,23-,26-,27+,28+;17-,18?,19-,20-,21+,22+;;/m1111../s1. The molecule has 28 nitrogen and oxygen atoms in total. The number of hydrogen-bond donors (Lipinski definition) is 5. The van der Waals surface area contributed by atoms with Crippen molar-refractivity contribution >= 4 is 45.8 Å². The molecule has 0 spiro atoms. The summed E-state index contributed by atoms with van der Waals surface area (Å²) < 4.78 is 79.5. The molecule has 0 radical (unpaired) electrons. The van der Waals surface area contributed by atoms with Gasteiger partial charge in [0.25, 0.3) is 11.1 Å². The summed E-state index contributed by atoms with van der Waals surface area (Å²) in [5.74, 6) is 2.67. The molecule has 12 aliphatic carbocycles. The molecule has 5 aromatic rings. The largest absolute Gasteiger partial charge is 0.477 e. The summed E-state index contributed by atoms with van der Waals surface area (Å²) in [6, 6.07) is 15.4. The fourth-order valence-corrected chi connectivity index (χ4v) is 32.2. The Morgan fingerprint density at radius 2 is 0.611 bits per heavy atom. The number of pyridine rings is 5. The fourth-order valence-electron chi connectivity index (χ4n) is 31.8. The van der Waals surface area contributed by atoms with Crippen LogP contribution in [-0.2, 0) is 47.4 Å². The number of halogens is 1. The number of H-pyrrole nitrogens is 2. The molecule has 24 atom stereocenters. The van der Waals surface area contributed by atoms with Crippen molar-refractivity contribution in [3.63, 3.8) is 0 Å². The normalized spacial score (nSPS) is 35.6. The lowest BCUT2D eigenvalue weighted by Gasteiger charge is -2.63. The number of alkyl halides is 1. The smallest absolute Gasteiger partial charge is 0.343 e.